The lowest BCUT2D eigenvalue weighted by atomic mass is 10.1. The largest absolute Gasteiger partial charge is 0.329 e. The molecule has 0 saturated heterocycles. The molecule has 8 heavy (non-hydrogen) atoms. The van der Waals surface area contributed by atoms with Crippen molar-refractivity contribution in [2.24, 2.45) is 17.6 Å². The molecule has 0 aliphatic heterocycles. The summed E-state index contributed by atoms with van der Waals surface area (Å²) in [7, 11) is 0. The fraction of sp³-hybridized carbons (Fsp3) is 0.833. The molecule has 1 aliphatic carbocycles. The van der Waals surface area contributed by atoms with E-state index in [1.165, 1.54) is 12.8 Å². The Bertz CT molecular complexity index is 110. The molecular formula is C6H10N2. The van der Waals surface area contributed by atoms with E-state index in [9.17, 15) is 0 Å². The van der Waals surface area contributed by atoms with Crippen LogP contribution in [-0.2, 0) is 0 Å². The second-order valence-corrected chi connectivity index (χ2v) is 2.31. The van der Waals surface area contributed by atoms with Gasteiger partial charge in [0.1, 0.15) is 0 Å². The van der Waals surface area contributed by atoms with Crippen LogP contribution < -0.4 is 5.73 Å². The van der Waals surface area contributed by atoms with E-state index in [4.69, 9.17) is 11.0 Å². The second kappa shape index (κ2) is 2.15. The molecule has 1 atom stereocenters. The second-order valence-electron chi connectivity index (χ2n) is 2.31. The van der Waals surface area contributed by atoms with Crippen LogP contribution in [-0.4, -0.2) is 6.54 Å². The van der Waals surface area contributed by atoms with E-state index in [-0.39, 0.29) is 5.92 Å². The first-order chi connectivity index (χ1) is 3.88. The maximum atomic E-state index is 8.41. The first-order valence-corrected chi connectivity index (χ1v) is 2.98. The van der Waals surface area contributed by atoms with E-state index in [1.54, 1.807) is 0 Å². The van der Waals surface area contributed by atoms with Crippen molar-refractivity contribution < 1.29 is 0 Å². The summed E-state index contributed by atoms with van der Waals surface area (Å²) in [5, 5.41) is 8.41. The molecule has 1 rings (SSSR count). The molecule has 0 spiro atoms. The van der Waals surface area contributed by atoms with Gasteiger partial charge in [0, 0.05) is 6.54 Å². The number of hydrogen-bond acceptors (Lipinski definition) is 2. The van der Waals surface area contributed by atoms with Gasteiger partial charge in [0.2, 0.25) is 0 Å². The fourth-order valence-corrected chi connectivity index (χ4v) is 0.849. The summed E-state index contributed by atoms with van der Waals surface area (Å²) in [4.78, 5) is 0. The molecule has 1 saturated carbocycles. The highest BCUT2D eigenvalue weighted by Gasteiger charge is 2.29. The quantitative estimate of drug-likeness (QED) is 0.562. The van der Waals surface area contributed by atoms with Crippen molar-refractivity contribution in [2.75, 3.05) is 6.54 Å². The smallest absolute Gasteiger partial charge is 0.0672 e. The third-order valence-electron chi connectivity index (χ3n) is 1.61. The van der Waals surface area contributed by atoms with Crippen LogP contribution in [0.15, 0.2) is 0 Å². The fourth-order valence-electron chi connectivity index (χ4n) is 0.849. The van der Waals surface area contributed by atoms with Gasteiger partial charge in [-0.3, -0.25) is 0 Å². The Hall–Kier alpha value is -0.550. The van der Waals surface area contributed by atoms with Gasteiger partial charge in [-0.15, -0.1) is 0 Å². The van der Waals surface area contributed by atoms with Crippen LogP contribution in [0.2, 0.25) is 0 Å². The minimum absolute atomic E-state index is 0.148. The van der Waals surface area contributed by atoms with Crippen LogP contribution in [0.25, 0.3) is 0 Å². The normalized spacial score (nSPS) is 22.0. The SMILES string of the molecule is N#CC(CN)C1CC1. The summed E-state index contributed by atoms with van der Waals surface area (Å²) in [6.07, 6.45) is 2.44. The number of nitriles is 1. The third-order valence-corrected chi connectivity index (χ3v) is 1.61. The summed E-state index contributed by atoms with van der Waals surface area (Å²) in [6, 6.07) is 2.19. The molecule has 0 amide bonds. The molecule has 2 heteroatoms. The van der Waals surface area contributed by atoms with Crippen molar-refractivity contribution in [3.63, 3.8) is 0 Å². The highest BCUT2D eigenvalue weighted by molar-refractivity contribution is 4.94. The molecule has 0 aromatic carbocycles. The number of rotatable bonds is 2. The number of hydrogen-bond donors (Lipinski definition) is 1. The van der Waals surface area contributed by atoms with Crippen LogP contribution in [0.5, 0.6) is 0 Å². The average molecular weight is 110 g/mol. The lowest BCUT2D eigenvalue weighted by Gasteiger charge is -1.98. The van der Waals surface area contributed by atoms with Gasteiger partial charge in [-0.1, -0.05) is 0 Å². The molecule has 0 aromatic rings. The molecule has 1 unspecified atom stereocenters. The Balaban J connectivity index is 2.29. The van der Waals surface area contributed by atoms with E-state index in [2.05, 4.69) is 6.07 Å². The van der Waals surface area contributed by atoms with Gasteiger partial charge < -0.3 is 5.73 Å². The van der Waals surface area contributed by atoms with E-state index >= 15 is 0 Å². The molecule has 0 aromatic heterocycles. The number of nitrogens with zero attached hydrogens (tertiary/aromatic N) is 1. The first kappa shape index (κ1) is 5.58. The van der Waals surface area contributed by atoms with E-state index in [1.807, 2.05) is 0 Å². The van der Waals surface area contributed by atoms with Gasteiger partial charge in [-0.05, 0) is 18.8 Å². The van der Waals surface area contributed by atoms with E-state index in [0.717, 1.165) is 0 Å². The van der Waals surface area contributed by atoms with Gasteiger partial charge in [0.05, 0.1) is 12.0 Å². The van der Waals surface area contributed by atoms with Crippen LogP contribution in [0.4, 0.5) is 0 Å². The van der Waals surface area contributed by atoms with Crippen molar-refractivity contribution in [1.82, 2.24) is 0 Å². The van der Waals surface area contributed by atoms with Crippen molar-refractivity contribution in [3.05, 3.63) is 0 Å². The molecular weight excluding hydrogens is 100 g/mol. The first-order valence-electron chi connectivity index (χ1n) is 2.98. The average Bonchev–Trinajstić information content (AvgIpc) is 2.53. The van der Waals surface area contributed by atoms with Crippen LogP contribution in [0.1, 0.15) is 12.8 Å². The molecule has 1 fully saturated rings. The summed E-state index contributed by atoms with van der Waals surface area (Å²) in [5.74, 6) is 0.792. The van der Waals surface area contributed by atoms with Crippen molar-refractivity contribution in [3.8, 4) is 6.07 Å². The minimum atomic E-state index is 0.148. The molecule has 1 aliphatic rings. The minimum Gasteiger partial charge on any atom is -0.329 e. The van der Waals surface area contributed by atoms with Crippen molar-refractivity contribution in [1.29, 1.82) is 5.26 Å². The van der Waals surface area contributed by atoms with Crippen molar-refractivity contribution in [2.45, 2.75) is 12.8 Å². The van der Waals surface area contributed by atoms with Gasteiger partial charge in [0.25, 0.3) is 0 Å². The molecule has 0 radical (unpaired) electrons. The molecule has 2 N–H and O–H groups in total. The highest BCUT2D eigenvalue weighted by atomic mass is 14.6. The Kier molecular flexibility index (Phi) is 1.50. The Morgan fingerprint density at radius 2 is 2.38 bits per heavy atom. The van der Waals surface area contributed by atoms with Crippen LogP contribution in [0.3, 0.4) is 0 Å². The molecule has 44 valence electrons. The van der Waals surface area contributed by atoms with Gasteiger partial charge in [-0.25, -0.2) is 0 Å². The zero-order valence-electron chi connectivity index (χ0n) is 4.80. The van der Waals surface area contributed by atoms with E-state index in [0.29, 0.717) is 12.5 Å². The predicted molar refractivity (Wildman–Crippen MR) is 30.9 cm³/mol. The summed E-state index contributed by atoms with van der Waals surface area (Å²) >= 11 is 0. The lowest BCUT2D eigenvalue weighted by Crippen LogP contribution is -2.13. The summed E-state index contributed by atoms with van der Waals surface area (Å²) < 4.78 is 0. The monoisotopic (exact) mass is 110 g/mol. The molecule has 2 nitrogen and oxygen atoms in total. The molecule has 0 heterocycles. The standard InChI is InChI=1S/C6H10N2/c7-3-6(4-8)5-1-2-5/h5-6H,1-3,7H2. The number of nitrogens with two attached hydrogens (primary N) is 1. The van der Waals surface area contributed by atoms with Gasteiger partial charge in [0.15, 0.2) is 0 Å². The van der Waals surface area contributed by atoms with Crippen LogP contribution in [0, 0.1) is 23.2 Å². The Labute approximate surface area is 49.3 Å². The van der Waals surface area contributed by atoms with Crippen LogP contribution >= 0.6 is 0 Å². The zero-order chi connectivity index (χ0) is 5.98. The summed E-state index contributed by atoms with van der Waals surface area (Å²) in [6.45, 7) is 0.543. The maximum Gasteiger partial charge on any atom is 0.0672 e. The van der Waals surface area contributed by atoms with E-state index < -0.39 is 0 Å². The Morgan fingerprint density at radius 1 is 1.75 bits per heavy atom. The van der Waals surface area contributed by atoms with Crippen molar-refractivity contribution >= 4 is 0 Å². The third kappa shape index (κ3) is 0.988. The highest BCUT2D eigenvalue weighted by Crippen LogP contribution is 2.35. The maximum absolute atomic E-state index is 8.41. The van der Waals surface area contributed by atoms with Gasteiger partial charge in [-0.2, -0.15) is 5.26 Å². The Morgan fingerprint density at radius 3 is 2.50 bits per heavy atom. The summed E-state index contributed by atoms with van der Waals surface area (Å²) in [5.41, 5.74) is 5.30. The molecule has 0 bridgehead atoms. The lowest BCUT2D eigenvalue weighted by molar-refractivity contribution is 0.593. The predicted octanol–water partition coefficient (Wildman–Crippen LogP) is 0.495. The topological polar surface area (TPSA) is 49.8 Å². The van der Waals surface area contributed by atoms with Gasteiger partial charge >= 0.3 is 0 Å². The zero-order valence-corrected chi connectivity index (χ0v) is 4.80.